The number of nitrogens with one attached hydrogen (secondary N) is 1. The van der Waals surface area contributed by atoms with Crippen LogP contribution in [0.1, 0.15) is 42.9 Å². The average Bonchev–Trinajstić information content (AvgIpc) is 3.27. The molecule has 0 amide bonds. The lowest BCUT2D eigenvalue weighted by Crippen LogP contribution is -2.39. The average molecular weight is 502 g/mol. The second kappa shape index (κ2) is 9.65. The van der Waals surface area contributed by atoms with Gasteiger partial charge < -0.3 is 10.2 Å². The Labute approximate surface area is 196 Å². The SMILES string of the molecule is CS(=O)(=O)N1CCC(CNc2ncnc(N3CCCC3c3ccc(C(F)(F)F)cc3)c2F)CC1. The van der Waals surface area contributed by atoms with Crippen LogP contribution in [0, 0.1) is 11.7 Å². The molecule has 2 aliphatic heterocycles. The van der Waals surface area contributed by atoms with Gasteiger partial charge in [-0.3, -0.25) is 0 Å². The number of aromatic nitrogens is 2. The molecule has 0 saturated carbocycles. The molecule has 2 aliphatic rings. The van der Waals surface area contributed by atoms with Crippen molar-refractivity contribution in [3.63, 3.8) is 0 Å². The Morgan fingerprint density at radius 1 is 1.06 bits per heavy atom. The summed E-state index contributed by atoms with van der Waals surface area (Å²) in [5.41, 5.74) is -0.0430. The highest BCUT2D eigenvalue weighted by Crippen LogP contribution is 2.38. The normalized spacial score (nSPS) is 20.6. The zero-order chi connectivity index (χ0) is 24.5. The predicted molar refractivity (Wildman–Crippen MR) is 120 cm³/mol. The van der Waals surface area contributed by atoms with E-state index in [1.807, 2.05) is 0 Å². The Kier molecular flexibility index (Phi) is 6.99. The Morgan fingerprint density at radius 3 is 2.35 bits per heavy atom. The van der Waals surface area contributed by atoms with Gasteiger partial charge in [0.25, 0.3) is 0 Å². The zero-order valence-electron chi connectivity index (χ0n) is 18.7. The van der Waals surface area contributed by atoms with Crippen molar-refractivity contribution in [1.82, 2.24) is 14.3 Å². The van der Waals surface area contributed by atoms with E-state index >= 15 is 4.39 Å². The summed E-state index contributed by atoms with van der Waals surface area (Å²) in [7, 11) is -3.21. The number of alkyl halides is 3. The molecule has 12 heteroatoms. The van der Waals surface area contributed by atoms with Gasteiger partial charge in [0.05, 0.1) is 17.9 Å². The quantitative estimate of drug-likeness (QED) is 0.602. The van der Waals surface area contributed by atoms with Crippen LogP contribution >= 0.6 is 0 Å². The standard InChI is InChI=1S/C22H27F4N5O2S/c1-34(32,33)30-11-8-15(9-12-30)13-27-20-19(23)21(29-14-28-20)31-10-2-3-18(31)16-4-6-17(7-5-16)22(24,25)26/h4-7,14-15,18H,2-3,8-13H2,1H3,(H,27,28,29). The molecule has 0 spiro atoms. The number of nitrogens with zero attached hydrogens (tertiary/aromatic N) is 4. The van der Waals surface area contributed by atoms with Crippen molar-refractivity contribution in [2.45, 2.75) is 37.9 Å². The van der Waals surface area contributed by atoms with E-state index in [4.69, 9.17) is 0 Å². The minimum atomic E-state index is -4.41. The number of anilines is 2. The zero-order valence-corrected chi connectivity index (χ0v) is 19.5. The molecule has 2 saturated heterocycles. The molecular formula is C22H27F4N5O2S. The van der Waals surface area contributed by atoms with Crippen molar-refractivity contribution in [1.29, 1.82) is 0 Å². The number of benzene rings is 1. The van der Waals surface area contributed by atoms with Crippen molar-refractivity contribution in [3.05, 3.63) is 47.5 Å². The van der Waals surface area contributed by atoms with E-state index in [1.165, 1.54) is 29.0 Å². The molecule has 186 valence electrons. The first-order valence-electron chi connectivity index (χ1n) is 11.2. The first kappa shape index (κ1) is 24.6. The fourth-order valence-corrected chi connectivity index (χ4v) is 5.51. The summed E-state index contributed by atoms with van der Waals surface area (Å²) in [4.78, 5) is 9.94. The van der Waals surface area contributed by atoms with Gasteiger partial charge in [-0.2, -0.15) is 17.6 Å². The summed E-state index contributed by atoms with van der Waals surface area (Å²) >= 11 is 0. The molecule has 34 heavy (non-hydrogen) atoms. The van der Waals surface area contributed by atoms with Crippen LogP contribution in [0.3, 0.4) is 0 Å². The fraction of sp³-hybridized carbons (Fsp3) is 0.545. The Balaban J connectivity index is 1.44. The molecule has 4 rings (SSSR count). The summed E-state index contributed by atoms with van der Waals surface area (Å²) in [5.74, 6) is -0.238. The van der Waals surface area contributed by atoms with Gasteiger partial charge >= 0.3 is 6.18 Å². The minimum Gasteiger partial charge on any atom is -0.367 e. The van der Waals surface area contributed by atoms with Crippen LogP contribution in [-0.2, 0) is 16.2 Å². The number of piperidine rings is 1. The molecule has 7 nitrogen and oxygen atoms in total. The van der Waals surface area contributed by atoms with Gasteiger partial charge in [0.15, 0.2) is 11.6 Å². The van der Waals surface area contributed by atoms with Crippen LogP contribution in [0.2, 0.25) is 0 Å². The third-order valence-electron chi connectivity index (χ3n) is 6.52. The largest absolute Gasteiger partial charge is 0.416 e. The summed E-state index contributed by atoms with van der Waals surface area (Å²) in [6.45, 7) is 1.85. The molecule has 1 atom stereocenters. The van der Waals surface area contributed by atoms with Gasteiger partial charge in [-0.1, -0.05) is 12.1 Å². The molecule has 2 fully saturated rings. The van der Waals surface area contributed by atoms with Gasteiger partial charge in [0.1, 0.15) is 6.33 Å². The molecule has 1 unspecified atom stereocenters. The summed E-state index contributed by atoms with van der Waals surface area (Å²) < 4.78 is 78.8. The van der Waals surface area contributed by atoms with E-state index in [9.17, 15) is 21.6 Å². The van der Waals surface area contributed by atoms with E-state index in [1.54, 1.807) is 4.90 Å². The molecule has 2 aromatic rings. The number of sulfonamides is 1. The van der Waals surface area contributed by atoms with Gasteiger partial charge in [-0.05, 0) is 49.3 Å². The van der Waals surface area contributed by atoms with Crippen LogP contribution in [0.25, 0.3) is 0 Å². The number of hydrogen-bond acceptors (Lipinski definition) is 6. The maximum Gasteiger partial charge on any atom is 0.416 e. The number of halogens is 4. The maximum absolute atomic E-state index is 15.3. The molecule has 1 aromatic carbocycles. The Hall–Kier alpha value is -2.47. The molecular weight excluding hydrogens is 474 g/mol. The van der Waals surface area contributed by atoms with Crippen molar-refractivity contribution in [2.24, 2.45) is 5.92 Å². The van der Waals surface area contributed by atoms with E-state index in [0.717, 1.165) is 18.6 Å². The Bertz CT molecular complexity index is 1100. The summed E-state index contributed by atoms with van der Waals surface area (Å²) in [5, 5.41) is 3.03. The molecule has 0 bridgehead atoms. The van der Waals surface area contributed by atoms with Crippen LogP contribution < -0.4 is 10.2 Å². The molecule has 0 aliphatic carbocycles. The fourth-order valence-electron chi connectivity index (χ4n) is 4.63. The van der Waals surface area contributed by atoms with Crippen molar-refractivity contribution >= 4 is 21.7 Å². The highest BCUT2D eigenvalue weighted by Gasteiger charge is 2.33. The first-order valence-corrected chi connectivity index (χ1v) is 13.0. The van der Waals surface area contributed by atoms with Gasteiger partial charge in [0, 0.05) is 26.2 Å². The molecule has 1 N–H and O–H groups in total. The van der Waals surface area contributed by atoms with Crippen molar-refractivity contribution < 1.29 is 26.0 Å². The summed E-state index contributed by atoms with van der Waals surface area (Å²) in [6.07, 6.45) is 0.834. The van der Waals surface area contributed by atoms with Gasteiger partial charge in [0.2, 0.25) is 15.8 Å². The Morgan fingerprint density at radius 2 is 1.74 bits per heavy atom. The highest BCUT2D eigenvalue weighted by atomic mass is 32.2. The van der Waals surface area contributed by atoms with Gasteiger partial charge in [-0.15, -0.1) is 0 Å². The molecule has 0 radical (unpaired) electrons. The van der Waals surface area contributed by atoms with Crippen LogP contribution in [0.4, 0.5) is 29.2 Å². The summed E-state index contributed by atoms with van der Waals surface area (Å²) in [6, 6.07) is 4.69. The van der Waals surface area contributed by atoms with Crippen LogP contribution in [-0.4, -0.2) is 55.1 Å². The lowest BCUT2D eigenvalue weighted by atomic mass is 9.98. The molecule has 3 heterocycles. The van der Waals surface area contributed by atoms with Crippen LogP contribution in [0.15, 0.2) is 30.6 Å². The van der Waals surface area contributed by atoms with E-state index in [-0.39, 0.29) is 23.6 Å². The van der Waals surface area contributed by atoms with Crippen molar-refractivity contribution in [3.8, 4) is 0 Å². The smallest absolute Gasteiger partial charge is 0.367 e. The van der Waals surface area contributed by atoms with Gasteiger partial charge in [-0.25, -0.2) is 22.7 Å². The number of rotatable bonds is 6. The van der Waals surface area contributed by atoms with Crippen molar-refractivity contribution in [2.75, 3.05) is 42.7 Å². The lowest BCUT2D eigenvalue weighted by molar-refractivity contribution is -0.137. The maximum atomic E-state index is 15.3. The third-order valence-corrected chi connectivity index (χ3v) is 7.82. The lowest BCUT2D eigenvalue weighted by Gasteiger charge is -2.30. The minimum absolute atomic E-state index is 0.0635. The second-order valence-electron chi connectivity index (χ2n) is 8.82. The highest BCUT2D eigenvalue weighted by molar-refractivity contribution is 7.88. The monoisotopic (exact) mass is 501 g/mol. The number of hydrogen-bond donors (Lipinski definition) is 1. The third kappa shape index (κ3) is 5.43. The van der Waals surface area contributed by atoms with E-state index in [0.29, 0.717) is 51.0 Å². The predicted octanol–water partition coefficient (Wildman–Crippen LogP) is 4.06. The second-order valence-corrected chi connectivity index (χ2v) is 10.8. The van der Waals surface area contributed by atoms with E-state index in [2.05, 4.69) is 15.3 Å². The topological polar surface area (TPSA) is 78.4 Å². The first-order chi connectivity index (χ1) is 16.0. The molecule has 1 aromatic heterocycles. The van der Waals surface area contributed by atoms with Crippen LogP contribution in [0.5, 0.6) is 0 Å². The van der Waals surface area contributed by atoms with E-state index < -0.39 is 27.6 Å².